The molecule has 6 bridgehead atoms. The van der Waals surface area contributed by atoms with Crippen LogP contribution in [0.4, 0.5) is 17.1 Å². The smallest absolute Gasteiger partial charge is 0.0540 e. The van der Waals surface area contributed by atoms with E-state index in [9.17, 15) is 0 Å². The lowest BCUT2D eigenvalue weighted by molar-refractivity contribution is 0.569. The lowest BCUT2D eigenvalue weighted by atomic mass is 9.72. The Bertz CT molecular complexity index is 3040. The molecule has 0 amide bonds. The van der Waals surface area contributed by atoms with Gasteiger partial charge in [-0.25, -0.2) is 0 Å². The van der Waals surface area contributed by atoms with E-state index in [1.807, 2.05) is 0 Å². The first-order valence-corrected chi connectivity index (χ1v) is 23.7. The molecule has 11 rings (SSSR count). The standard InChI is InChI=1S/C63H67N/c1-58(2,3)39-23-28-46-47-29-25-43(36-54(47)63(14,15)53(46)35-39)64-44-26-30-49-55(37-44)62(12,13)52-21-18-20-51(57(49)52)61(10,11)40-24-27-45(50(34-40)48-19-16-17-22-56(48)64)38-31-41(59(4,5)6)33-42(32-38)60(7,8)9/h16-37H,1-15H3. The van der Waals surface area contributed by atoms with Crippen molar-refractivity contribution in [1.82, 2.24) is 0 Å². The third-order valence-electron chi connectivity index (χ3n) is 15.6. The summed E-state index contributed by atoms with van der Waals surface area (Å²) < 4.78 is 0. The van der Waals surface area contributed by atoms with Crippen LogP contribution in [0.25, 0.3) is 44.5 Å². The SMILES string of the molecule is CC(C)(C)c1cc(-c2ccc3cc2-c2ccccc2N(c2ccc4c(c2)C(C)(C)c2cc(C(C)(C)C)ccc2-4)c2ccc4c(c2)C(C)(C)c2cccc(c2-4)C3(C)C)cc(C(C)(C)C)c1. The summed E-state index contributed by atoms with van der Waals surface area (Å²) in [7, 11) is 0. The van der Waals surface area contributed by atoms with Gasteiger partial charge in [0.15, 0.2) is 0 Å². The molecule has 0 aromatic heterocycles. The van der Waals surface area contributed by atoms with Crippen LogP contribution in [-0.2, 0) is 32.5 Å². The highest BCUT2D eigenvalue weighted by Crippen LogP contribution is 2.57. The molecule has 7 aromatic rings. The van der Waals surface area contributed by atoms with E-state index in [0.717, 1.165) is 0 Å². The molecular weight excluding hydrogens is 771 g/mol. The fourth-order valence-electron chi connectivity index (χ4n) is 11.3. The van der Waals surface area contributed by atoms with Gasteiger partial charge in [-0.2, -0.15) is 0 Å². The van der Waals surface area contributed by atoms with E-state index in [0.29, 0.717) is 0 Å². The minimum Gasteiger partial charge on any atom is -0.310 e. The summed E-state index contributed by atoms with van der Waals surface area (Å²) in [5, 5.41) is 0. The summed E-state index contributed by atoms with van der Waals surface area (Å²) in [6.07, 6.45) is 0. The lowest BCUT2D eigenvalue weighted by Gasteiger charge is -2.33. The minimum atomic E-state index is -0.283. The van der Waals surface area contributed by atoms with Crippen molar-refractivity contribution in [2.75, 3.05) is 4.90 Å². The van der Waals surface area contributed by atoms with Crippen LogP contribution in [-0.4, -0.2) is 0 Å². The summed E-state index contributed by atoms with van der Waals surface area (Å²) in [6.45, 7) is 35.6. The molecule has 2 aliphatic carbocycles. The van der Waals surface area contributed by atoms with Crippen LogP contribution >= 0.6 is 0 Å². The highest BCUT2D eigenvalue weighted by molar-refractivity contribution is 5.97. The number of para-hydroxylation sites is 1. The van der Waals surface area contributed by atoms with Crippen molar-refractivity contribution < 1.29 is 0 Å². The average Bonchev–Trinajstić information content (AvgIpc) is 3.61. The molecule has 1 heteroatoms. The van der Waals surface area contributed by atoms with Gasteiger partial charge in [0.25, 0.3) is 0 Å². The van der Waals surface area contributed by atoms with Crippen molar-refractivity contribution >= 4 is 17.1 Å². The predicted molar refractivity (Wildman–Crippen MR) is 275 cm³/mol. The largest absolute Gasteiger partial charge is 0.310 e. The van der Waals surface area contributed by atoms with Gasteiger partial charge >= 0.3 is 0 Å². The Kier molecular flexibility index (Phi) is 9.04. The van der Waals surface area contributed by atoms with E-state index < -0.39 is 0 Å². The molecule has 4 aliphatic rings. The van der Waals surface area contributed by atoms with Crippen LogP contribution in [0.15, 0.2) is 133 Å². The third-order valence-corrected chi connectivity index (χ3v) is 15.6. The Hall–Kier alpha value is -5.66. The first-order chi connectivity index (χ1) is 29.9. The van der Waals surface area contributed by atoms with Crippen molar-refractivity contribution in [2.24, 2.45) is 0 Å². The van der Waals surface area contributed by atoms with Gasteiger partial charge in [0.2, 0.25) is 0 Å². The van der Waals surface area contributed by atoms with E-state index in [-0.39, 0.29) is 32.5 Å². The maximum Gasteiger partial charge on any atom is 0.0540 e. The van der Waals surface area contributed by atoms with Crippen LogP contribution in [0.2, 0.25) is 0 Å². The Balaban J connectivity index is 1.29. The Morgan fingerprint density at radius 1 is 0.344 bits per heavy atom. The van der Waals surface area contributed by atoms with Gasteiger partial charge in [-0.3, -0.25) is 0 Å². The predicted octanol–water partition coefficient (Wildman–Crippen LogP) is 17.6. The number of hydrogen-bond acceptors (Lipinski definition) is 1. The van der Waals surface area contributed by atoms with Crippen molar-refractivity contribution in [2.45, 2.75) is 136 Å². The number of rotatable bonds is 2. The number of benzene rings is 7. The fraction of sp³-hybridized carbons (Fsp3) is 0.333. The lowest BCUT2D eigenvalue weighted by Crippen LogP contribution is -2.22. The average molecular weight is 838 g/mol. The maximum absolute atomic E-state index is 2.57. The molecule has 0 unspecified atom stereocenters. The summed E-state index contributed by atoms with van der Waals surface area (Å²) >= 11 is 0. The van der Waals surface area contributed by atoms with Crippen LogP contribution < -0.4 is 4.90 Å². The topological polar surface area (TPSA) is 3.24 Å². The summed E-state index contributed by atoms with van der Waals surface area (Å²) in [6, 6.07) is 52.9. The molecule has 0 atom stereocenters. The monoisotopic (exact) mass is 838 g/mol. The van der Waals surface area contributed by atoms with Crippen LogP contribution in [0.5, 0.6) is 0 Å². The quantitative estimate of drug-likeness (QED) is 0.168. The second kappa shape index (κ2) is 13.7. The molecule has 64 heavy (non-hydrogen) atoms. The minimum absolute atomic E-state index is 0.00989. The summed E-state index contributed by atoms with van der Waals surface area (Å²) in [5.74, 6) is 0. The van der Waals surface area contributed by atoms with Crippen molar-refractivity contribution in [3.63, 3.8) is 0 Å². The Morgan fingerprint density at radius 3 is 1.45 bits per heavy atom. The van der Waals surface area contributed by atoms with Crippen LogP contribution in [0, 0.1) is 0 Å². The third kappa shape index (κ3) is 6.31. The molecule has 0 saturated heterocycles. The molecule has 0 fully saturated rings. The van der Waals surface area contributed by atoms with E-state index in [2.05, 4.69) is 242 Å². The molecule has 1 nitrogen and oxygen atoms in total. The van der Waals surface area contributed by atoms with Gasteiger partial charge in [-0.15, -0.1) is 0 Å². The zero-order valence-electron chi connectivity index (χ0n) is 41.1. The molecule has 7 aromatic carbocycles. The van der Waals surface area contributed by atoms with Crippen LogP contribution in [0.1, 0.15) is 154 Å². The number of nitrogens with zero attached hydrogens (tertiary/aromatic N) is 1. The molecule has 2 heterocycles. The van der Waals surface area contributed by atoms with Crippen LogP contribution in [0.3, 0.4) is 0 Å². The van der Waals surface area contributed by atoms with Gasteiger partial charge in [0, 0.05) is 33.2 Å². The molecule has 0 radical (unpaired) electrons. The number of hydrogen-bond donors (Lipinski definition) is 0. The van der Waals surface area contributed by atoms with Gasteiger partial charge in [-0.1, -0.05) is 201 Å². The Morgan fingerprint density at radius 2 is 0.844 bits per heavy atom. The maximum atomic E-state index is 2.57. The van der Waals surface area contributed by atoms with Gasteiger partial charge in [0.1, 0.15) is 0 Å². The second-order valence-electron chi connectivity index (χ2n) is 24.0. The van der Waals surface area contributed by atoms with Crippen molar-refractivity contribution in [1.29, 1.82) is 0 Å². The summed E-state index contributed by atoms with van der Waals surface area (Å²) in [5.41, 5.74) is 25.8. The van der Waals surface area contributed by atoms with Gasteiger partial charge in [-0.05, 0) is 142 Å². The van der Waals surface area contributed by atoms with E-state index >= 15 is 0 Å². The molecule has 0 spiro atoms. The van der Waals surface area contributed by atoms with Crippen molar-refractivity contribution in [3.8, 4) is 44.5 Å². The molecule has 2 aliphatic heterocycles. The highest BCUT2D eigenvalue weighted by Gasteiger charge is 2.42. The van der Waals surface area contributed by atoms with E-state index in [4.69, 9.17) is 0 Å². The molecular formula is C63H67N. The first-order valence-electron chi connectivity index (χ1n) is 23.7. The van der Waals surface area contributed by atoms with Gasteiger partial charge < -0.3 is 4.90 Å². The second-order valence-corrected chi connectivity index (χ2v) is 24.0. The van der Waals surface area contributed by atoms with E-state index in [1.54, 1.807) is 0 Å². The molecule has 0 N–H and O–H groups in total. The normalized spacial score (nSPS) is 16.4. The zero-order chi connectivity index (χ0) is 45.7. The fourth-order valence-corrected chi connectivity index (χ4v) is 11.3. The molecule has 0 saturated carbocycles. The molecule has 324 valence electrons. The van der Waals surface area contributed by atoms with E-state index in [1.165, 1.54) is 112 Å². The van der Waals surface area contributed by atoms with Gasteiger partial charge in [0.05, 0.1) is 5.69 Å². The van der Waals surface area contributed by atoms with Crippen molar-refractivity contribution in [3.05, 3.63) is 184 Å². The Labute approximate surface area is 384 Å². The summed E-state index contributed by atoms with van der Waals surface area (Å²) in [4.78, 5) is 2.57. The zero-order valence-corrected chi connectivity index (χ0v) is 41.1. The highest BCUT2D eigenvalue weighted by atomic mass is 15.1. The number of anilines is 3. The first kappa shape index (κ1) is 42.3. The number of fused-ring (bicyclic) bond motifs is 4.